The van der Waals surface area contributed by atoms with E-state index < -0.39 is 36.2 Å². The minimum absolute atomic E-state index is 0.197. The Labute approximate surface area is 167 Å². The molecular formula is C21H20FN3O4. The molecule has 0 saturated carbocycles. The van der Waals surface area contributed by atoms with Crippen molar-refractivity contribution in [1.29, 1.82) is 5.26 Å². The Kier molecular flexibility index (Phi) is 7.43. The number of nitriles is 1. The summed E-state index contributed by atoms with van der Waals surface area (Å²) in [6.07, 6.45) is 0. The fourth-order valence-electron chi connectivity index (χ4n) is 2.46. The van der Waals surface area contributed by atoms with Gasteiger partial charge in [-0.1, -0.05) is 38.1 Å². The number of para-hydroxylation sites is 1. The number of amides is 2. The lowest BCUT2D eigenvalue weighted by Crippen LogP contribution is -2.46. The molecule has 150 valence electrons. The first kappa shape index (κ1) is 21.6. The molecule has 2 amide bonds. The Hall–Kier alpha value is -3.73. The molecule has 2 rings (SSSR count). The van der Waals surface area contributed by atoms with Crippen LogP contribution in [0.4, 0.5) is 10.1 Å². The van der Waals surface area contributed by atoms with Crippen molar-refractivity contribution < 1.29 is 23.5 Å². The van der Waals surface area contributed by atoms with Crippen molar-refractivity contribution in [3.05, 3.63) is 65.5 Å². The summed E-state index contributed by atoms with van der Waals surface area (Å²) in [6, 6.07) is 12.6. The minimum atomic E-state index is -1.07. The molecule has 0 heterocycles. The van der Waals surface area contributed by atoms with Crippen LogP contribution in [0.3, 0.4) is 0 Å². The molecule has 0 saturated heterocycles. The third-order valence-corrected chi connectivity index (χ3v) is 3.99. The van der Waals surface area contributed by atoms with Crippen LogP contribution >= 0.6 is 0 Å². The smallest absolute Gasteiger partial charge is 0.329 e. The van der Waals surface area contributed by atoms with Crippen LogP contribution in [0.1, 0.15) is 29.8 Å². The van der Waals surface area contributed by atoms with Crippen molar-refractivity contribution in [3.8, 4) is 6.07 Å². The summed E-state index contributed by atoms with van der Waals surface area (Å²) in [5, 5.41) is 13.9. The number of nitrogens with zero attached hydrogens (tertiary/aromatic N) is 1. The summed E-state index contributed by atoms with van der Waals surface area (Å²) in [5.74, 6) is -3.29. The Morgan fingerprint density at radius 1 is 1.10 bits per heavy atom. The van der Waals surface area contributed by atoms with E-state index in [0.717, 1.165) is 6.07 Å². The maximum absolute atomic E-state index is 13.8. The van der Waals surface area contributed by atoms with Crippen molar-refractivity contribution in [2.24, 2.45) is 5.92 Å². The minimum Gasteiger partial charge on any atom is -0.454 e. The number of anilines is 1. The molecule has 8 heteroatoms. The SMILES string of the molecule is CC(C)[C@H](NC(=O)c1ccccc1F)C(=O)OCC(=O)Nc1ccccc1C#N. The zero-order valence-electron chi connectivity index (χ0n) is 15.9. The van der Waals surface area contributed by atoms with Gasteiger partial charge in [-0.2, -0.15) is 5.26 Å². The van der Waals surface area contributed by atoms with Gasteiger partial charge in [0.05, 0.1) is 16.8 Å². The van der Waals surface area contributed by atoms with Crippen LogP contribution in [0.5, 0.6) is 0 Å². The van der Waals surface area contributed by atoms with Crippen molar-refractivity contribution in [2.45, 2.75) is 19.9 Å². The summed E-state index contributed by atoms with van der Waals surface area (Å²) in [4.78, 5) is 36.7. The fourth-order valence-corrected chi connectivity index (χ4v) is 2.46. The highest BCUT2D eigenvalue weighted by atomic mass is 19.1. The molecule has 7 nitrogen and oxygen atoms in total. The first-order chi connectivity index (χ1) is 13.8. The normalized spacial score (nSPS) is 11.3. The molecule has 1 atom stereocenters. The highest BCUT2D eigenvalue weighted by Gasteiger charge is 2.27. The van der Waals surface area contributed by atoms with Crippen LogP contribution in [-0.2, 0) is 14.3 Å². The van der Waals surface area contributed by atoms with Crippen molar-refractivity contribution in [3.63, 3.8) is 0 Å². The monoisotopic (exact) mass is 397 g/mol. The van der Waals surface area contributed by atoms with Gasteiger partial charge in [0, 0.05) is 0 Å². The van der Waals surface area contributed by atoms with Crippen LogP contribution < -0.4 is 10.6 Å². The maximum atomic E-state index is 13.8. The van der Waals surface area contributed by atoms with Crippen LogP contribution in [0.25, 0.3) is 0 Å². The summed E-state index contributed by atoms with van der Waals surface area (Å²) >= 11 is 0. The molecule has 2 aromatic rings. The van der Waals surface area contributed by atoms with Gasteiger partial charge in [0.1, 0.15) is 17.9 Å². The van der Waals surface area contributed by atoms with Gasteiger partial charge < -0.3 is 15.4 Å². The maximum Gasteiger partial charge on any atom is 0.329 e. The second-order valence-corrected chi connectivity index (χ2v) is 6.49. The topological polar surface area (TPSA) is 108 Å². The Balaban J connectivity index is 1.97. The Morgan fingerprint density at radius 3 is 2.41 bits per heavy atom. The van der Waals surface area contributed by atoms with E-state index in [1.165, 1.54) is 24.3 Å². The van der Waals surface area contributed by atoms with E-state index in [1.807, 2.05) is 6.07 Å². The highest BCUT2D eigenvalue weighted by Crippen LogP contribution is 2.14. The average molecular weight is 397 g/mol. The van der Waals surface area contributed by atoms with Crippen LogP contribution in [0.2, 0.25) is 0 Å². The van der Waals surface area contributed by atoms with E-state index >= 15 is 0 Å². The van der Waals surface area contributed by atoms with E-state index in [4.69, 9.17) is 10.00 Å². The number of esters is 1. The molecule has 0 spiro atoms. The summed E-state index contributed by atoms with van der Waals surface area (Å²) in [5.41, 5.74) is 0.366. The summed E-state index contributed by atoms with van der Waals surface area (Å²) < 4.78 is 18.8. The lowest BCUT2D eigenvalue weighted by atomic mass is 10.0. The standard InChI is InChI=1S/C21H20FN3O4/c1-13(2)19(25-20(27)15-8-4-5-9-16(15)22)21(28)29-12-18(26)24-17-10-6-3-7-14(17)11-23/h3-10,13,19H,12H2,1-2H3,(H,24,26)(H,25,27)/t19-/m0/s1. The average Bonchev–Trinajstić information content (AvgIpc) is 2.70. The van der Waals surface area contributed by atoms with E-state index in [2.05, 4.69) is 10.6 Å². The van der Waals surface area contributed by atoms with Gasteiger partial charge in [-0.25, -0.2) is 9.18 Å². The molecule has 0 aromatic heterocycles. The summed E-state index contributed by atoms with van der Waals surface area (Å²) in [6.45, 7) is 2.75. The fraction of sp³-hybridized carbons (Fsp3) is 0.238. The quantitative estimate of drug-likeness (QED) is 0.698. The van der Waals surface area contributed by atoms with Gasteiger partial charge in [-0.3, -0.25) is 9.59 Å². The van der Waals surface area contributed by atoms with Gasteiger partial charge in [0.25, 0.3) is 11.8 Å². The number of hydrogen-bond acceptors (Lipinski definition) is 5. The molecule has 29 heavy (non-hydrogen) atoms. The van der Waals surface area contributed by atoms with Gasteiger partial charge in [0.2, 0.25) is 0 Å². The number of carbonyl (C=O) groups is 3. The third kappa shape index (κ3) is 5.87. The second-order valence-electron chi connectivity index (χ2n) is 6.49. The van der Waals surface area contributed by atoms with Gasteiger partial charge in [-0.15, -0.1) is 0 Å². The first-order valence-corrected chi connectivity index (χ1v) is 8.84. The predicted octanol–water partition coefficient (Wildman–Crippen LogP) is 2.63. The molecular weight excluding hydrogens is 377 g/mol. The van der Waals surface area contributed by atoms with E-state index in [1.54, 1.807) is 32.0 Å². The van der Waals surface area contributed by atoms with Crippen molar-refractivity contribution >= 4 is 23.5 Å². The van der Waals surface area contributed by atoms with Crippen LogP contribution in [-0.4, -0.2) is 30.4 Å². The number of benzene rings is 2. The molecule has 0 bridgehead atoms. The van der Waals surface area contributed by atoms with E-state index in [0.29, 0.717) is 5.69 Å². The molecule has 2 aromatic carbocycles. The molecule has 0 aliphatic heterocycles. The van der Waals surface area contributed by atoms with Gasteiger partial charge in [-0.05, 0) is 30.2 Å². The van der Waals surface area contributed by atoms with Crippen LogP contribution in [0, 0.1) is 23.1 Å². The van der Waals surface area contributed by atoms with Crippen LogP contribution in [0.15, 0.2) is 48.5 Å². The highest BCUT2D eigenvalue weighted by molar-refractivity contribution is 5.98. The lowest BCUT2D eigenvalue weighted by Gasteiger charge is -2.21. The zero-order valence-corrected chi connectivity index (χ0v) is 15.9. The molecule has 2 N–H and O–H groups in total. The molecule has 0 radical (unpaired) electrons. The van der Waals surface area contributed by atoms with Crippen molar-refractivity contribution in [2.75, 3.05) is 11.9 Å². The number of carbonyl (C=O) groups excluding carboxylic acids is 3. The van der Waals surface area contributed by atoms with E-state index in [9.17, 15) is 18.8 Å². The van der Waals surface area contributed by atoms with Crippen molar-refractivity contribution in [1.82, 2.24) is 5.32 Å². The van der Waals surface area contributed by atoms with Gasteiger partial charge >= 0.3 is 5.97 Å². The second kappa shape index (κ2) is 9.99. The Bertz CT molecular complexity index is 953. The molecule has 0 aliphatic carbocycles. The number of halogens is 1. The molecule has 0 aliphatic rings. The third-order valence-electron chi connectivity index (χ3n) is 3.99. The number of ether oxygens (including phenoxy) is 1. The largest absolute Gasteiger partial charge is 0.454 e. The number of hydrogen-bond donors (Lipinski definition) is 2. The number of nitrogens with one attached hydrogen (secondary N) is 2. The Morgan fingerprint density at radius 2 is 1.76 bits per heavy atom. The predicted molar refractivity (Wildman–Crippen MR) is 103 cm³/mol. The van der Waals surface area contributed by atoms with E-state index in [-0.39, 0.29) is 17.0 Å². The first-order valence-electron chi connectivity index (χ1n) is 8.84. The molecule has 0 fully saturated rings. The number of rotatable bonds is 7. The lowest BCUT2D eigenvalue weighted by molar-refractivity contribution is -0.150. The van der Waals surface area contributed by atoms with Gasteiger partial charge in [0.15, 0.2) is 6.61 Å². The zero-order chi connectivity index (χ0) is 21.4. The summed E-state index contributed by atoms with van der Waals surface area (Å²) in [7, 11) is 0. The molecule has 0 unspecified atom stereocenters.